The van der Waals surface area contributed by atoms with Gasteiger partial charge in [-0.05, 0) is 25.1 Å². The van der Waals surface area contributed by atoms with Gasteiger partial charge in [-0.25, -0.2) is 4.68 Å². The predicted molar refractivity (Wildman–Crippen MR) is 97.9 cm³/mol. The first kappa shape index (κ1) is 16.7. The third-order valence-corrected chi connectivity index (χ3v) is 4.89. The van der Waals surface area contributed by atoms with Gasteiger partial charge in [-0.15, -0.1) is 10.2 Å². The summed E-state index contributed by atoms with van der Waals surface area (Å²) in [6.07, 6.45) is 0. The standard InChI is InChI=1S/C17H17ClN4OS/c1-11-7-8-15(23-2)12(9-11)10-24-17-21-20-16(22(17)19)13-5-3-4-6-14(13)18/h3-9H,10,19H2,1-2H3. The number of thioether (sulfide) groups is 1. The lowest BCUT2D eigenvalue weighted by atomic mass is 10.1. The SMILES string of the molecule is COc1ccc(C)cc1CSc1nnc(-c2ccccc2Cl)n1N. The van der Waals surface area contributed by atoms with Gasteiger partial charge in [0.25, 0.3) is 0 Å². The molecule has 124 valence electrons. The Labute approximate surface area is 149 Å². The van der Waals surface area contributed by atoms with Gasteiger partial charge in [-0.3, -0.25) is 0 Å². The fraction of sp³-hybridized carbons (Fsp3) is 0.176. The van der Waals surface area contributed by atoms with Gasteiger partial charge in [0.05, 0.1) is 12.1 Å². The number of nitrogen functional groups attached to an aromatic ring is 1. The lowest BCUT2D eigenvalue weighted by Crippen LogP contribution is -2.11. The zero-order chi connectivity index (χ0) is 17.1. The van der Waals surface area contributed by atoms with Crippen molar-refractivity contribution in [2.75, 3.05) is 13.0 Å². The Kier molecular flexibility index (Phi) is 4.97. The number of ether oxygens (including phenoxy) is 1. The lowest BCUT2D eigenvalue weighted by molar-refractivity contribution is 0.411. The normalized spacial score (nSPS) is 10.8. The van der Waals surface area contributed by atoms with E-state index in [1.165, 1.54) is 22.0 Å². The molecule has 0 saturated heterocycles. The summed E-state index contributed by atoms with van der Waals surface area (Å²) in [5.74, 6) is 8.22. The minimum absolute atomic E-state index is 0.541. The highest BCUT2D eigenvalue weighted by molar-refractivity contribution is 7.98. The van der Waals surface area contributed by atoms with Crippen molar-refractivity contribution in [3.05, 3.63) is 58.6 Å². The summed E-state index contributed by atoms with van der Waals surface area (Å²) < 4.78 is 6.87. The fourth-order valence-corrected chi connectivity index (χ4v) is 3.42. The number of hydrogen-bond donors (Lipinski definition) is 1. The second kappa shape index (κ2) is 7.15. The molecule has 5 nitrogen and oxygen atoms in total. The predicted octanol–water partition coefficient (Wildman–Crippen LogP) is 3.92. The van der Waals surface area contributed by atoms with Crippen molar-refractivity contribution >= 4 is 23.4 Å². The van der Waals surface area contributed by atoms with Gasteiger partial charge < -0.3 is 10.6 Å². The Morgan fingerprint density at radius 1 is 1.21 bits per heavy atom. The van der Waals surface area contributed by atoms with Crippen LogP contribution in [-0.2, 0) is 5.75 Å². The molecule has 0 spiro atoms. The molecular formula is C17H17ClN4OS. The van der Waals surface area contributed by atoms with Crippen LogP contribution >= 0.6 is 23.4 Å². The molecule has 7 heteroatoms. The largest absolute Gasteiger partial charge is 0.496 e. The van der Waals surface area contributed by atoms with Crippen LogP contribution in [-0.4, -0.2) is 22.0 Å². The maximum atomic E-state index is 6.21. The molecule has 2 aromatic carbocycles. The average Bonchev–Trinajstić information content (AvgIpc) is 2.94. The van der Waals surface area contributed by atoms with Gasteiger partial charge in [-0.2, -0.15) is 0 Å². The smallest absolute Gasteiger partial charge is 0.210 e. The number of benzene rings is 2. The first-order valence-corrected chi connectivity index (χ1v) is 8.68. The Hall–Kier alpha value is -2.18. The summed E-state index contributed by atoms with van der Waals surface area (Å²) in [4.78, 5) is 0. The molecule has 0 bridgehead atoms. The number of aryl methyl sites for hydroxylation is 1. The second-order valence-electron chi connectivity index (χ2n) is 5.26. The van der Waals surface area contributed by atoms with Crippen molar-refractivity contribution in [1.82, 2.24) is 14.9 Å². The van der Waals surface area contributed by atoms with Gasteiger partial charge in [0.2, 0.25) is 5.16 Å². The van der Waals surface area contributed by atoms with Crippen molar-refractivity contribution in [1.29, 1.82) is 0 Å². The van der Waals surface area contributed by atoms with Gasteiger partial charge in [-0.1, -0.05) is 53.2 Å². The van der Waals surface area contributed by atoms with Gasteiger partial charge >= 0.3 is 0 Å². The summed E-state index contributed by atoms with van der Waals surface area (Å²) in [6.45, 7) is 2.05. The van der Waals surface area contributed by atoms with Crippen molar-refractivity contribution in [3.8, 4) is 17.1 Å². The minimum atomic E-state index is 0.541. The molecule has 0 amide bonds. The average molecular weight is 361 g/mol. The number of methoxy groups -OCH3 is 1. The Morgan fingerprint density at radius 3 is 2.75 bits per heavy atom. The maximum absolute atomic E-state index is 6.21. The van der Waals surface area contributed by atoms with E-state index >= 15 is 0 Å². The van der Waals surface area contributed by atoms with E-state index < -0.39 is 0 Å². The topological polar surface area (TPSA) is 66.0 Å². The van der Waals surface area contributed by atoms with Crippen LogP contribution in [0.4, 0.5) is 0 Å². The van der Waals surface area contributed by atoms with E-state index in [-0.39, 0.29) is 0 Å². The molecule has 1 aromatic heterocycles. The minimum Gasteiger partial charge on any atom is -0.496 e. The van der Waals surface area contributed by atoms with Crippen LogP contribution in [0.5, 0.6) is 5.75 Å². The van der Waals surface area contributed by atoms with Crippen molar-refractivity contribution in [2.45, 2.75) is 17.8 Å². The quantitative estimate of drug-likeness (QED) is 0.551. The molecule has 3 rings (SSSR count). The highest BCUT2D eigenvalue weighted by Crippen LogP contribution is 2.30. The van der Waals surface area contributed by atoms with Crippen LogP contribution in [0.3, 0.4) is 0 Å². The lowest BCUT2D eigenvalue weighted by Gasteiger charge is -2.09. The summed E-state index contributed by atoms with van der Waals surface area (Å²) >= 11 is 7.71. The molecule has 0 atom stereocenters. The molecule has 0 aliphatic heterocycles. The van der Waals surface area contributed by atoms with Gasteiger partial charge in [0.1, 0.15) is 5.75 Å². The van der Waals surface area contributed by atoms with Crippen LogP contribution in [0.1, 0.15) is 11.1 Å². The van der Waals surface area contributed by atoms with Crippen molar-refractivity contribution in [2.24, 2.45) is 0 Å². The Bertz CT molecular complexity index is 866. The van der Waals surface area contributed by atoms with E-state index in [1.807, 2.05) is 30.3 Å². The second-order valence-corrected chi connectivity index (χ2v) is 6.61. The molecular weight excluding hydrogens is 344 g/mol. The van der Waals surface area contributed by atoms with Gasteiger partial charge in [0, 0.05) is 16.9 Å². The highest BCUT2D eigenvalue weighted by atomic mass is 35.5. The highest BCUT2D eigenvalue weighted by Gasteiger charge is 2.15. The molecule has 24 heavy (non-hydrogen) atoms. The number of nitrogens with zero attached hydrogens (tertiary/aromatic N) is 3. The monoisotopic (exact) mass is 360 g/mol. The molecule has 3 aromatic rings. The summed E-state index contributed by atoms with van der Waals surface area (Å²) in [5, 5.41) is 9.56. The molecule has 1 heterocycles. The van der Waals surface area contributed by atoms with Gasteiger partial charge in [0.15, 0.2) is 5.82 Å². The molecule has 0 unspecified atom stereocenters. The van der Waals surface area contributed by atoms with Crippen molar-refractivity contribution in [3.63, 3.8) is 0 Å². The Morgan fingerprint density at radius 2 is 2.00 bits per heavy atom. The van der Waals surface area contributed by atoms with E-state index in [2.05, 4.69) is 23.2 Å². The van der Waals surface area contributed by atoms with Crippen LogP contribution in [0.25, 0.3) is 11.4 Å². The van der Waals surface area contributed by atoms with E-state index in [0.29, 0.717) is 21.8 Å². The summed E-state index contributed by atoms with van der Waals surface area (Å²) in [5.41, 5.74) is 3.02. The van der Waals surface area contributed by atoms with E-state index in [0.717, 1.165) is 16.9 Å². The zero-order valence-corrected chi connectivity index (χ0v) is 14.9. The first-order valence-electron chi connectivity index (χ1n) is 7.32. The third-order valence-electron chi connectivity index (χ3n) is 3.57. The van der Waals surface area contributed by atoms with Crippen LogP contribution < -0.4 is 10.6 Å². The number of aromatic nitrogens is 3. The molecule has 0 fully saturated rings. The number of nitrogens with two attached hydrogens (primary N) is 1. The molecule has 0 aliphatic carbocycles. The van der Waals surface area contributed by atoms with Crippen LogP contribution in [0.2, 0.25) is 5.02 Å². The van der Waals surface area contributed by atoms with Crippen LogP contribution in [0, 0.1) is 6.92 Å². The number of rotatable bonds is 5. The maximum Gasteiger partial charge on any atom is 0.210 e. The Balaban J connectivity index is 1.83. The molecule has 2 N–H and O–H groups in total. The summed E-state index contributed by atoms with van der Waals surface area (Å²) in [7, 11) is 1.67. The van der Waals surface area contributed by atoms with E-state index in [4.69, 9.17) is 22.2 Å². The third kappa shape index (κ3) is 3.34. The molecule has 0 aliphatic rings. The number of hydrogen-bond acceptors (Lipinski definition) is 5. The zero-order valence-electron chi connectivity index (χ0n) is 13.4. The van der Waals surface area contributed by atoms with E-state index in [1.54, 1.807) is 13.2 Å². The van der Waals surface area contributed by atoms with Crippen molar-refractivity contribution < 1.29 is 4.74 Å². The first-order chi connectivity index (χ1) is 11.6. The molecule has 0 radical (unpaired) electrons. The summed E-state index contributed by atoms with van der Waals surface area (Å²) in [6, 6.07) is 13.5. The fourth-order valence-electron chi connectivity index (χ4n) is 2.36. The number of halogens is 1. The molecule has 0 saturated carbocycles. The van der Waals surface area contributed by atoms with Crippen LogP contribution in [0.15, 0.2) is 47.6 Å². The van der Waals surface area contributed by atoms with E-state index in [9.17, 15) is 0 Å².